The number of hydrogen-bond acceptors (Lipinski definition) is 2. The van der Waals surface area contributed by atoms with Gasteiger partial charge in [0.25, 0.3) is 0 Å². The summed E-state index contributed by atoms with van der Waals surface area (Å²) in [5, 5.41) is 4.77. The second-order valence-corrected chi connectivity index (χ2v) is 4.91. The minimum absolute atomic E-state index is 0.211. The van der Waals surface area contributed by atoms with E-state index in [1.54, 1.807) is 0 Å². The quantitative estimate of drug-likeness (QED) is 0.741. The summed E-state index contributed by atoms with van der Waals surface area (Å²) in [4.78, 5) is 3.29. The predicted molar refractivity (Wildman–Crippen MR) is 77.0 cm³/mol. The van der Waals surface area contributed by atoms with Crippen LogP contribution in [0, 0.1) is 6.92 Å². The highest BCUT2D eigenvalue weighted by Crippen LogP contribution is 2.20. The third-order valence-electron chi connectivity index (χ3n) is 3.46. The zero-order chi connectivity index (χ0) is 13.2. The van der Waals surface area contributed by atoms with E-state index in [9.17, 15) is 0 Å². The van der Waals surface area contributed by atoms with Crippen LogP contribution < -0.4 is 5.32 Å². The molecule has 3 rings (SSSR count). The smallest absolute Gasteiger partial charge is 0.120 e. The third-order valence-corrected chi connectivity index (χ3v) is 3.46. The van der Waals surface area contributed by atoms with Crippen LogP contribution in [0.25, 0.3) is 10.9 Å². The first-order valence-corrected chi connectivity index (χ1v) is 6.59. The SMILES string of the molecule is Cc1ccc(C(C)NCc2c[nH]c3ccccc23)o1. The van der Waals surface area contributed by atoms with Crippen LogP contribution in [-0.2, 0) is 6.54 Å². The van der Waals surface area contributed by atoms with E-state index in [1.165, 1.54) is 16.5 Å². The molecule has 0 fully saturated rings. The lowest BCUT2D eigenvalue weighted by Gasteiger charge is -2.10. The summed E-state index contributed by atoms with van der Waals surface area (Å²) in [5.74, 6) is 1.94. The number of aromatic nitrogens is 1. The van der Waals surface area contributed by atoms with Crippen molar-refractivity contribution in [3.05, 3.63) is 59.7 Å². The van der Waals surface area contributed by atoms with Gasteiger partial charge < -0.3 is 14.7 Å². The van der Waals surface area contributed by atoms with Gasteiger partial charge in [-0.05, 0) is 37.6 Å². The number of aryl methyl sites for hydroxylation is 1. The normalized spacial score (nSPS) is 12.9. The van der Waals surface area contributed by atoms with Crippen molar-refractivity contribution in [1.82, 2.24) is 10.3 Å². The average molecular weight is 254 g/mol. The molecule has 0 aliphatic carbocycles. The second-order valence-electron chi connectivity index (χ2n) is 4.91. The predicted octanol–water partition coefficient (Wildman–Crippen LogP) is 3.92. The second kappa shape index (κ2) is 4.94. The van der Waals surface area contributed by atoms with Crippen molar-refractivity contribution >= 4 is 10.9 Å². The Balaban J connectivity index is 1.72. The maximum atomic E-state index is 5.63. The Morgan fingerprint density at radius 3 is 2.84 bits per heavy atom. The maximum Gasteiger partial charge on any atom is 0.120 e. The summed E-state index contributed by atoms with van der Waals surface area (Å²) in [6.07, 6.45) is 2.07. The molecule has 2 aromatic heterocycles. The molecule has 2 N–H and O–H groups in total. The Morgan fingerprint density at radius 2 is 2.05 bits per heavy atom. The molecule has 0 aliphatic heterocycles. The first kappa shape index (κ1) is 12.1. The zero-order valence-electron chi connectivity index (χ0n) is 11.2. The molecule has 1 unspecified atom stereocenters. The van der Waals surface area contributed by atoms with Gasteiger partial charge in [0, 0.05) is 23.6 Å². The fraction of sp³-hybridized carbons (Fsp3) is 0.250. The van der Waals surface area contributed by atoms with Crippen LogP contribution in [0.4, 0.5) is 0 Å². The van der Waals surface area contributed by atoms with Crippen molar-refractivity contribution in [2.45, 2.75) is 26.4 Å². The van der Waals surface area contributed by atoms with Gasteiger partial charge in [0.2, 0.25) is 0 Å². The highest BCUT2D eigenvalue weighted by molar-refractivity contribution is 5.82. The molecule has 0 radical (unpaired) electrons. The van der Waals surface area contributed by atoms with E-state index in [4.69, 9.17) is 4.42 Å². The van der Waals surface area contributed by atoms with E-state index in [2.05, 4.69) is 41.6 Å². The van der Waals surface area contributed by atoms with Crippen LogP contribution in [0.1, 0.15) is 30.0 Å². The van der Waals surface area contributed by atoms with Gasteiger partial charge in [0.15, 0.2) is 0 Å². The lowest BCUT2D eigenvalue weighted by Crippen LogP contribution is -2.17. The largest absolute Gasteiger partial charge is 0.465 e. The van der Waals surface area contributed by atoms with Gasteiger partial charge in [-0.2, -0.15) is 0 Å². The van der Waals surface area contributed by atoms with Gasteiger partial charge >= 0.3 is 0 Å². The van der Waals surface area contributed by atoms with Gasteiger partial charge in [-0.1, -0.05) is 18.2 Å². The molecule has 3 nitrogen and oxygen atoms in total. The van der Waals surface area contributed by atoms with Gasteiger partial charge in [-0.3, -0.25) is 0 Å². The topological polar surface area (TPSA) is 41.0 Å². The van der Waals surface area contributed by atoms with E-state index in [0.29, 0.717) is 0 Å². The molecule has 0 amide bonds. The fourth-order valence-corrected chi connectivity index (χ4v) is 2.33. The summed E-state index contributed by atoms with van der Waals surface area (Å²) in [5.41, 5.74) is 2.46. The molecular formula is C16H18N2O. The maximum absolute atomic E-state index is 5.63. The van der Waals surface area contributed by atoms with Crippen LogP contribution in [0.3, 0.4) is 0 Å². The number of para-hydroxylation sites is 1. The number of aromatic amines is 1. The van der Waals surface area contributed by atoms with Gasteiger partial charge in [-0.25, -0.2) is 0 Å². The molecule has 2 heterocycles. The number of H-pyrrole nitrogens is 1. The number of rotatable bonds is 4. The lowest BCUT2D eigenvalue weighted by atomic mass is 10.1. The molecule has 0 aliphatic rings. The Bertz CT molecular complexity index is 681. The first-order valence-electron chi connectivity index (χ1n) is 6.59. The van der Waals surface area contributed by atoms with E-state index >= 15 is 0 Å². The zero-order valence-corrected chi connectivity index (χ0v) is 11.2. The first-order chi connectivity index (χ1) is 9.24. The van der Waals surface area contributed by atoms with Crippen molar-refractivity contribution in [1.29, 1.82) is 0 Å². The highest BCUT2D eigenvalue weighted by Gasteiger charge is 2.10. The van der Waals surface area contributed by atoms with Gasteiger partial charge in [0.05, 0.1) is 6.04 Å². The summed E-state index contributed by atoms with van der Waals surface area (Å²) in [6, 6.07) is 12.6. The number of furan rings is 1. The van der Waals surface area contributed by atoms with Crippen molar-refractivity contribution < 1.29 is 4.42 Å². The molecule has 0 saturated heterocycles. The minimum atomic E-state index is 0.211. The van der Waals surface area contributed by atoms with Gasteiger partial charge in [0.1, 0.15) is 11.5 Å². The van der Waals surface area contributed by atoms with Crippen molar-refractivity contribution in [3.63, 3.8) is 0 Å². The lowest BCUT2D eigenvalue weighted by molar-refractivity contribution is 0.416. The summed E-state index contributed by atoms with van der Waals surface area (Å²) in [6.45, 7) is 4.91. The molecule has 3 aromatic rings. The molecule has 19 heavy (non-hydrogen) atoms. The fourth-order valence-electron chi connectivity index (χ4n) is 2.33. The Hall–Kier alpha value is -2.00. The molecule has 1 aromatic carbocycles. The van der Waals surface area contributed by atoms with Crippen LogP contribution in [0.5, 0.6) is 0 Å². The van der Waals surface area contributed by atoms with Crippen LogP contribution in [-0.4, -0.2) is 4.98 Å². The Labute approximate surface area is 112 Å². The average Bonchev–Trinajstić information content (AvgIpc) is 3.02. The van der Waals surface area contributed by atoms with Crippen LogP contribution >= 0.6 is 0 Å². The van der Waals surface area contributed by atoms with E-state index in [0.717, 1.165) is 18.1 Å². The van der Waals surface area contributed by atoms with Crippen molar-refractivity contribution in [3.8, 4) is 0 Å². The van der Waals surface area contributed by atoms with E-state index in [-0.39, 0.29) is 6.04 Å². The number of nitrogens with one attached hydrogen (secondary N) is 2. The number of fused-ring (bicyclic) bond motifs is 1. The Kier molecular flexibility index (Phi) is 3.13. The summed E-state index contributed by atoms with van der Waals surface area (Å²) < 4.78 is 5.63. The minimum Gasteiger partial charge on any atom is -0.465 e. The molecule has 0 bridgehead atoms. The third kappa shape index (κ3) is 2.42. The van der Waals surface area contributed by atoms with Crippen LogP contribution in [0.2, 0.25) is 0 Å². The van der Waals surface area contributed by atoms with E-state index < -0.39 is 0 Å². The monoisotopic (exact) mass is 254 g/mol. The molecule has 1 atom stereocenters. The highest BCUT2D eigenvalue weighted by atomic mass is 16.3. The summed E-state index contributed by atoms with van der Waals surface area (Å²) >= 11 is 0. The van der Waals surface area contributed by atoms with E-state index in [1.807, 2.05) is 25.1 Å². The van der Waals surface area contributed by atoms with Crippen molar-refractivity contribution in [2.24, 2.45) is 0 Å². The van der Waals surface area contributed by atoms with Crippen molar-refractivity contribution in [2.75, 3.05) is 0 Å². The molecule has 3 heteroatoms. The number of hydrogen-bond donors (Lipinski definition) is 2. The molecular weight excluding hydrogens is 236 g/mol. The standard InChI is InChI=1S/C16H18N2O/c1-11-7-8-16(19-11)12(2)17-9-13-10-18-15-6-4-3-5-14(13)15/h3-8,10,12,17-18H,9H2,1-2H3. The summed E-state index contributed by atoms with van der Waals surface area (Å²) in [7, 11) is 0. The Morgan fingerprint density at radius 1 is 1.21 bits per heavy atom. The van der Waals surface area contributed by atoms with Gasteiger partial charge in [-0.15, -0.1) is 0 Å². The molecule has 0 spiro atoms. The number of benzene rings is 1. The molecule has 0 saturated carbocycles. The van der Waals surface area contributed by atoms with Crippen LogP contribution in [0.15, 0.2) is 47.0 Å². The molecule has 98 valence electrons.